The summed E-state index contributed by atoms with van der Waals surface area (Å²) in [6, 6.07) is 0.997. The number of imidazole rings is 1. The van der Waals surface area contributed by atoms with E-state index in [0.717, 1.165) is 6.04 Å². The molecule has 0 atom stereocenters. The van der Waals surface area contributed by atoms with E-state index in [1.54, 1.807) is 30.8 Å². The maximum Gasteiger partial charge on any atom is 0.354 e. The number of aromatic nitrogens is 4. The summed E-state index contributed by atoms with van der Waals surface area (Å²) in [7, 11) is -4.51. The van der Waals surface area contributed by atoms with Crippen molar-refractivity contribution in [2.75, 3.05) is 32.2 Å². The van der Waals surface area contributed by atoms with Gasteiger partial charge in [-0.25, -0.2) is 4.98 Å². The Labute approximate surface area is 190 Å². The molecule has 0 spiro atoms. The van der Waals surface area contributed by atoms with Crippen LogP contribution in [0.3, 0.4) is 0 Å². The van der Waals surface area contributed by atoms with Crippen molar-refractivity contribution in [1.29, 1.82) is 0 Å². The van der Waals surface area contributed by atoms with Crippen LogP contribution in [0.25, 0.3) is 11.2 Å². The van der Waals surface area contributed by atoms with Crippen LogP contribution in [0.15, 0.2) is 30.4 Å². The van der Waals surface area contributed by atoms with E-state index >= 15 is 0 Å². The van der Waals surface area contributed by atoms with Crippen LogP contribution >= 0.6 is 7.60 Å². The van der Waals surface area contributed by atoms with Gasteiger partial charge in [-0.1, -0.05) is 26.2 Å². The number of rotatable bonds is 14. The second-order valence-electron chi connectivity index (χ2n) is 8.26. The molecule has 0 aliphatic rings. The summed E-state index contributed by atoms with van der Waals surface area (Å²) in [6.07, 6.45) is 3.18. The highest BCUT2D eigenvalue weighted by Gasteiger charge is 2.19. The highest BCUT2D eigenvalue weighted by molar-refractivity contribution is 7.57. The molecule has 0 aliphatic carbocycles. The Morgan fingerprint density at radius 1 is 1.25 bits per heavy atom. The first-order valence-corrected chi connectivity index (χ1v) is 15.8. The number of hydrogen-bond donors (Lipinski definition) is 1. The number of anilines is 1. The van der Waals surface area contributed by atoms with Crippen LogP contribution in [0.2, 0.25) is 25.7 Å². The van der Waals surface area contributed by atoms with E-state index in [1.807, 2.05) is 0 Å². The predicted octanol–water partition coefficient (Wildman–Crippen LogP) is 4.44. The van der Waals surface area contributed by atoms with Gasteiger partial charge in [0.25, 0.3) is 0 Å². The highest BCUT2D eigenvalue weighted by atomic mass is 31.2. The van der Waals surface area contributed by atoms with Crippen molar-refractivity contribution < 1.29 is 23.1 Å². The number of ether oxygens (including phenoxy) is 2. The monoisotopic (exact) mass is 483 g/mol. The van der Waals surface area contributed by atoms with Gasteiger partial charge in [-0.3, -0.25) is 9.13 Å². The summed E-state index contributed by atoms with van der Waals surface area (Å²) in [5.41, 5.74) is 7.54. The molecule has 2 aromatic heterocycles. The van der Waals surface area contributed by atoms with E-state index in [9.17, 15) is 4.57 Å². The van der Waals surface area contributed by atoms with Gasteiger partial charge in [0.15, 0.2) is 11.2 Å². The molecule has 0 bridgehead atoms. The van der Waals surface area contributed by atoms with Crippen molar-refractivity contribution in [2.45, 2.75) is 46.3 Å². The lowest BCUT2D eigenvalue weighted by molar-refractivity contribution is 0.0992. The molecule has 0 saturated carbocycles. The lowest BCUT2D eigenvalue weighted by Gasteiger charge is -2.15. The van der Waals surface area contributed by atoms with Crippen molar-refractivity contribution in [2.24, 2.45) is 0 Å². The van der Waals surface area contributed by atoms with Crippen LogP contribution in [0.1, 0.15) is 13.8 Å². The van der Waals surface area contributed by atoms with Crippen molar-refractivity contribution >= 4 is 32.8 Å². The molecular weight excluding hydrogens is 449 g/mol. The molecule has 0 amide bonds. The zero-order chi connectivity index (χ0) is 23.8. The van der Waals surface area contributed by atoms with E-state index in [1.165, 1.54) is 5.82 Å². The zero-order valence-electron chi connectivity index (χ0n) is 19.5. The Morgan fingerprint density at radius 2 is 1.94 bits per heavy atom. The average molecular weight is 484 g/mol. The molecule has 0 aliphatic heterocycles. The van der Waals surface area contributed by atoms with Gasteiger partial charge in [0.2, 0.25) is 11.8 Å². The third-order valence-corrected chi connectivity index (χ3v) is 7.62. The molecule has 2 heterocycles. The molecule has 0 unspecified atom stereocenters. The second-order valence-corrected chi connectivity index (χ2v) is 15.8. The fraction of sp³-hybridized carbons (Fsp3) is 0.550. The summed E-state index contributed by atoms with van der Waals surface area (Å²) in [5, 5.41) is 0. The van der Waals surface area contributed by atoms with Crippen molar-refractivity contribution in [1.82, 2.24) is 19.5 Å². The molecule has 0 fully saturated rings. The van der Waals surface area contributed by atoms with Gasteiger partial charge in [-0.05, 0) is 31.5 Å². The fourth-order valence-electron chi connectivity index (χ4n) is 2.59. The van der Waals surface area contributed by atoms with Gasteiger partial charge in [0.05, 0.1) is 32.8 Å². The largest absolute Gasteiger partial charge is 0.476 e. The Hall–Kier alpha value is -2.04. The Balaban J connectivity index is 1.99. The number of fused-ring (bicyclic) bond motifs is 1. The van der Waals surface area contributed by atoms with Crippen molar-refractivity contribution in [3.63, 3.8) is 0 Å². The number of hydrogen-bond acceptors (Lipinski definition) is 9. The third-order valence-electron chi connectivity index (χ3n) is 4.17. The van der Waals surface area contributed by atoms with Gasteiger partial charge in [-0.2, -0.15) is 9.97 Å². The summed E-state index contributed by atoms with van der Waals surface area (Å²) < 4.78 is 36.2. The van der Waals surface area contributed by atoms with Crippen LogP contribution < -0.4 is 10.5 Å². The Bertz CT molecular complexity index is 979. The standard InChI is InChI=1S/C20H34N5O5PSi/c1-7-29-31(26,30-8-2)11-9-16(3)13-27-15-25-14-22-17-18(25)23-20(21)24-19(17)28-10-12-32(4,5)6/h9,11,14H,3,7-8,10,12-13,15H2,1-2,4-6H3,(H2,21,23,24)/b11-9+. The SMILES string of the molecule is C=C(/C=C/P(=O)(OCC)OCC)COCn1cnc2c(OCC[Si](C)(C)C)nc(N)nc21. The van der Waals surface area contributed by atoms with Crippen LogP contribution in [0.4, 0.5) is 5.95 Å². The van der Waals surface area contributed by atoms with Gasteiger partial charge < -0.3 is 24.3 Å². The summed E-state index contributed by atoms with van der Waals surface area (Å²) in [6.45, 7) is 15.8. The van der Waals surface area contributed by atoms with Gasteiger partial charge in [0.1, 0.15) is 6.73 Å². The summed E-state index contributed by atoms with van der Waals surface area (Å²) in [5.74, 6) is 1.88. The summed E-state index contributed by atoms with van der Waals surface area (Å²) >= 11 is 0. The third kappa shape index (κ3) is 8.14. The van der Waals surface area contributed by atoms with E-state index in [2.05, 4.69) is 41.2 Å². The van der Waals surface area contributed by atoms with E-state index in [0.29, 0.717) is 29.2 Å². The van der Waals surface area contributed by atoms with Crippen LogP contribution in [-0.4, -0.2) is 54.0 Å². The lowest BCUT2D eigenvalue weighted by Crippen LogP contribution is -2.22. The van der Waals surface area contributed by atoms with Gasteiger partial charge in [-0.15, -0.1) is 0 Å². The molecule has 0 saturated heterocycles. The molecule has 32 heavy (non-hydrogen) atoms. The predicted molar refractivity (Wildman–Crippen MR) is 128 cm³/mol. The zero-order valence-corrected chi connectivity index (χ0v) is 21.4. The number of nitrogens with two attached hydrogens (primary N) is 1. The smallest absolute Gasteiger partial charge is 0.354 e. The first kappa shape index (κ1) is 26.2. The molecule has 2 aromatic rings. The van der Waals surface area contributed by atoms with E-state index in [-0.39, 0.29) is 32.5 Å². The maximum atomic E-state index is 12.5. The topological polar surface area (TPSA) is 124 Å². The average Bonchev–Trinajstić information content (AvgIpc) is 3.09. The van der Waals surface area contributed by atoms with Gasteiger partial charge in [0, 0.05) is 13.9 Å². The quantitative estimate of drug-likeness (QED) is 0.236. The van der Waals surface area contributed by atoms with E-state index < -0.39 is 15.7 Å². The molecular formula is C20H34N5O5PSi. The molecule has 2 N–H and O–H groups in total. The summed E-state index contributed by atoms with van der Waals surface area (Å²) in [4.78, 5) is 12.8. The number of nitrogen functional groups attached to an aromatic ring is 1. The van der Waals surface area contributed by atoms with Crippen molar-refractivity contribution in [3.8, 4) is 5.88 Å². The Morgan fingerprint density at radius 3 is 2.56 bits per heavy atom. The van der Waals surface area contributed by atoms with Crippen LogP contribution in [-0.2, 0) is 25.1 Å². The molecule has 2 rings (SSSR count). The van der Waals surface area contributed by atoms with Crippen LogP contribution in [0, 0.1) is 0 Å². The van der Waals surface area contributed by atoms with E-state index in [4.69, 9.17) is 24.3 Å². The minimum atomic E-state index is -3.27. The number of nitrogens with zero attached hydrogens (tertiary/aromatic N) is 4. The normalized spacial score (nSPS) is 12.7. The molecule has 178 valence electrons. The molecule has 0 radical (unpaired) electrons. The maximum absolute atomic E-state index is 12.5. The minimum Gasteiger partial charge on any atom is -0.476 e. The van der Waals surface area contributed by atoms with Gasteiger partial charge >= 0.3 is 7.60 Å². The lowest BCUT2D eigenvalue weighted by atomic mass is 10.3. The first-order chi connectivity index (χ1) is 15.1. The first-order valence-electron chi connectivity index (χ1n) is 10.5. The molecule has 12 heteroatoms. The van der Waals surface area contributed by atoms with Crippen molar-refractivity contribution in [3.05, 3.63) is 30.4 Å². The Kier molecular flexibility index (Phi) is 9.59. The molecule has 0 aromatic carbocycles. The minimum absolute atomic E-state index is 0.109. The molecule has 10 nitrogen and oxygen atoms in total. The fourth-order valence-corrected chi connectivity index (χ4v) is 4.66. The second kappa shape index (κ2) is 11.7. The highest BCUT2D eigenvalue weighted by Crippen LogP contribution is 2.49. The van der Waals surface area contributed by atoms with Crippen LogP contribution in [0.5, 0.6) is 5.88 Å².